The largest absolute Gasteiger partial charge is 0.330 e. The Kier molecular flexibility index (Phi) is 7.35. The molecule has 0 fully saturated rings. The molecule has 2 N–H and O–H groups in total. The van der Waals surface area contributed by atoms with E-state index >= 15 is 0 Å². The Labute approximate surface area is 59.0 Å². The lowest BCUT2D eigenvalue weighted by molar-refractivity contribution is 0.804. The van der Waals surface area contributed by atoms with E-state index in [0.29, 0.717) is 0 Å². The molecule has 0 heterocycles. The molecule has 0 aromatic heterocycles. The topological polar surface area (TPSA) is 26.0 Å². The fourth-order valence-electron chi connectivity index (χ4n) is 0.522. The van der Waals surface area contributed by atoms with Gasteiger partial charge in [0.2, 0.25) is 7.28 Å². The van der Waals surface area contributed by atoms with Gasteiger partial charge in [0.25, 0.3) is 0 Å². The molecule has 3 heteroatoms. The van der Waals surface area contributed by atoms with Crippen molar-refractivity contribution in [2.75, 3.05) is 6.54 Å². The van der Waals surface area contributed by atoms with Crippen molar-refractivity contribution in [1.29, 1.82) is 0 Å². The minimum Gasteiger partial charge on any atom is -0.330 e. The zero-order valence-electron chi connectivity index (χ0n) is 5.56. The monoisotopic (exact) mass is 118 g/mol. The molecule has 0 aromatic carbocycles. The quantitative estimate of drug-likeness (QED) is 0.312. The van der Waals surface area contributed by atoms with Gasteiger partial charge in [-0.3, -0.25) is 0 Å². The maximum atomic E-state index is 5.27. The van der Waals surface area contributed by atoms with Crippen molar-refractivity contribution in [3.63, 3.8) is 0 Å². The Hall–Kier alpha value is -0.350. The van der Waals surface area contributed by atoms with Crippen LogP contribution in [0.25, 0.3) is 0 Å². The Morgan fingerprint density at radius 2 is 2.22 bits per heavy atom. The second kappa shape index (κ2) is 7.65. The van der Waals surface area contributed by atoms with E-state index in [2.05, 4.69) is 11.6 Å². The maximum absolute atomic E-state index is 5.27. The first-order valence-corrected chi connectivity index (χ1v) is 3.14. The van der Waals surface area contributed by atoms with Crippen LogP contribution >= 0.6 is 0 Å². The first-order chi connectivity index (χ1) is 4.41. The molecule has 3 radical (unpaired) electrons. The van der Waals surface area contributed by atoms with Crippen LogP contribution in [0.4, 0.5) is 0 Å². The number of nitrogens with two attached hydrogens (primary N) is 1. The van der Waals surface area contributed by atoms with Gasteiger partial charge in [0.15, 0.2) is 7.85 Å². The van der Waals surface area contributed by atoms with Gasteiger partial charge in [-0.1, -0.05) is 12.7 Å². The van der Waals surface area contributed by atoms with Crippen LogP contribution in [0, 0.1) is 11.6 Å². The second-order valence-corrected chi connectivity index (χ2v) is 1.78. The van der Waals surface area contributed by atoms with E-state index in [9.17, 15) is 0 Å². The fraction of sp³-hybridized carbons (Fsp3) is 0.667. The van der Waals surface area contributed by atoms with Gasteiger partial charge in [-0.2, -0.15) is 11.6 Å². The standard InChI is InChI=1S/C6H10B2N/c7-3-5-8-4-1-2-6-9/h1-2,4,6,9H2. The van der Waals surface area contributed by atoms with Crippen molar-refractivity contribution in [3.8, 4) is 11.6 Å². The first-order valence-electron chi connectivity index (χ1n) is 3.14. The summed E-state index contributed by atoms with van der Waals surface area (Å²) in [5.74, 6) is 4.98. The average Bonchev–Trinajstić information content (AvgIpc) is 1.89. The van der Waals surface area contributed by atoms with Crippen LogP contribution < -0.4 is 5.73 Å². The molecule has 1 nitrogen and oxygen atoms in total. The van der Waals surface area contributed by atoms with E-state index < -0.39 is 0 Å². The Morgan fingerprint density at radius 1 is 1.44 bits per heavy atom. The number of hydrogen-bond donors (Lipinski definition) is 1. The predicted molar refractivity (Wildman–Crippen MR) is 42.4 cm³/mol. The molecule has 0 atom stereocenters. The van der Waals surface area contributed by atoms with Crippen molar-refractivity contribution in [2.24, 2.45) is 5.73 Å². The van der Waals surface area contributed by atoms with E-state index in [4.69, 9.17) is 13.6 Å². The summed E-state index contributed by atoms with van der Waals surface area (Å²) in [6, 6.07) is 0. The molecule has 9 heavy (non-hydrogen) atoms. The average molecular weight is 118 g/mol. The van der Waals surface area contributed by atoms with Gasteiger partial charge >= 0.3 is 0 Å². The van der Waals surface area contributed by atoms with Gasteiger partial charge in [0.1, 0.15) is 0 Å². The molecule has 0 aromatic rings. The van der Waals surface area contributed by atoms with Crippen LogP contribution in [-0.4, -0.2) is 21.7 Å². The van der Waals surface area contributed by atoms with Crippen LogP contribution in [-0.2, 0) is 0 Å². The molecule has 0 saturated carbocycles. The zero-order chi connectivity index (χ0) is 6.95. The molecular formula is C6H10B2N. The number of unbranched alkanes of at least 4 members (excludes halogenated alkanes) is 1. The normalized spacial score (nSPS) is 7.67. The Bertz CT molecular complexity index is 103. The van der Waals surface area contributed by atoms with E-state index in [1.807, 2.05) is 7.28 Å². The van der Waals surface area contributed by atoms with E-state index in [1.54, 1.807) is 0 Å². The minimum absolute atomic E-state index is 0.768. The highest BCUT2D eigenvalue weighted by Gasteiger charge is 1.84. The van der Waals surface area contributed by atoms with Crippen LogP contribution in [0.3, 0.4) is 0 Å². The zero-order valence-corrected chi connectivity index (χ0v) is 5.56. The summed E-state index contributed by atoms with van der Waals surface area (Å²) in [4.78, 5) is 0. The summed E-state index contributed by atoms with van der Waals surface area (Å²) in [5.41, 5.74) is 5.27. The smallest absolute Gasteiger partial charge is 0.214 e. The lowest BCUT2D eigenvalue weighted by Crippen LogP contribution is -1.98. The molecule has 0 aliphatic heterocycles. The van der Waals surface area contributed by atoms with Gasteiger partial charge < -0.3 is 5.73 Å². The minimum atomic E-state index is 0.768. The number of rotatable bonds is 4. The summed E-state index contributed by atoms with van der Waals surface area (Å²) in [6.07, 6.45) is 3.19. The van der Waals surface area contributed by atoms with Gasteiger partial charge in [-0.05, 0) is 13.0 Å². The molecule has 0 aliphatic carbocycles. The van der Waals surface area contributed by atoms with Crippen molar-refractivity contribution in [2.45, 2.75) is 19.2 Å². The molecule has 0 spiro atoms. The van der Waals surface area contributed by atoms with Crippen LogP contribution in [0.2, 0.25) is 6.32 Å². The summed E-state index contributed by atoms with van der Waals surface area (Å²) in [6.45, 7) is 0.768. The van der Waals surface area contributed by atoms with Crippen molar-refractivity contribution in [1.82, 2.24) is 0 Å². The Morgan fingerprint density at radius 3 is 2.78 bits per heavy atom. The molecule has 0 bridgehead atoms. The molecular weight excluding hydrogens is 108 g/mol. The predicted octanol–water partition coefficient (Wildman–Crippen LogP) is -0.0653. The van der Waals surface area contributed by atoms with Gasteiger partial charge in [0.05, 0.1) is 0 Å². The van der Waals surface area contributed by atoms with E-state index in [0.717, 1.165) is 25.7 Å². The third-order valence-electron chi connectivity index (χ3n) is 0.988. The molecule has 0 rings (SSSR count). The molecule has 0 saturated heterocycles. The highest BCUT2D eigenvalue weighted by atomic mass is 14.5. The lowest BCUT2D eigenvalue weighted by Gasteiger charge is -1.90. The third kappa shape index (κ3) is 7.65. The van der Waals surface area contributed by atoms with Gasteiger partial charge in [0, 0.05) is 0 Å². The van der Waals surface area contributed by atoms with Crippen molar-refractivity contribution >= 4 is 15.1 Å². The summed E-state index contributed by atoms with van der Waals surface area (Å²) < 4.78 is 0. The first kappa shape index (κ1) is 8.65. The highest BCUT2D eigenvalue weighted by molar-refractivity contribution is 6.47. The maximum Gasteiger partial charge on any atom is 0.214 e. The molecule has 0 unspecified atom stereocenters. The van der Waals surface area contributed by atoms with Crippen molar-refractivity contribution in [3.05, 3.63) is 0 Å². The van der Waals surface area contributed by atoms with Gasteiger partial charge in [-0.25, -0.2) is 0 Å². The van der Waals surface area contributed by atoms with Crippen LogP contribution in [0.15, 0.2) is 0 Å². The third-order valence-corrected chi connectivity index (χ3v) is 0.988. The number of hydrogen-bond acceptors (Lipinski definition) is 1. The van der Waals surface area contributed by atoms with Crippen LogP contribution in [0.5, 0.6) is 0 Å². The second-order valence-electron chi connectivity index (χ2n) is 1.78. The summed E-state index contributed by atoms with van der Waals surface area (Å²) in [5, 5.41) is 0. The van der Waals surface area contributed by atoms with E-state index in [-0.39, 0.29) is 0 Å². The summed E-state index contributed by atoms with van der Waals surface area (Å²) >= 11 is 0. The summed E-state index contributed by atoms with van der Waals surface area (Å²) in [7, 11) is 6.80. The van der Waals surface area contributed by atoms with Crippen molar-refractivity contribution < 1.29 is 0 Å². The lowest BCUT2D eigenvalue weighted by atomic mass is 9.73. The molecule has 0 aliphatic rings. The SMILES string of the molecule is [B]C#C[B]CCCCN. The highest BCUT2D eigenvalue weighted by Crippen LogP contribution is 1.90. The van der Waals surface area contributed by atoms with Gasteiger partial charge in [-0.15, -0.1) is 0 Å². The van der Waals surface area contributed by atoms with E-state index in [1.165, 1.54) is 0 Å². The fourth-order valence-corrected chi connectivity index (χ4v) is 0.522. The molecule has 0 amide bonds. The Balaban J connectivity index is 2.80. The molecule has 45 valence electrons. The van der Waals surface area contributed by atoms with Crippen LogP contribution in [0.1, 0.15) is 12.8 Å².